The molecule has 1 atom stereocenters. The highest BCUT2D eigenvalue weighted by molar-refractivity contribution is 6.01. The van der Waals surface area contributed by atoms with Gasteiger partial charge >= 0.3 is 0 Å². The van der Waals surface area contributed by atoms with E-state index in [9.17, 15) is 9.90 Å². The van der Waals surface area contributed by atoms with Gasteiger partial charge in [-0.2, -0.15) is 0 Å². The second-order valence-corrected chi connectivity index (χ2v) is 4.63. The van der Waals surface area contributed by atoms with Crippen LogP contribution in [0.1, 0.15) is 16.8 Å². The Morgan fingerprint density at radius 1 is 1.63 bits per heavy atom. The van der Waals surface area contributed by atoms with Crippen molar-refractivity contribution < 1.29 is 19.4 Å². The number of carbonyl (C=O) groups excluding carboxylic acids is 1. The van der Waals surface area contributed by atoms with Crippen molar-refractivity contribution in [2.75, 3.05) is 32.6 Å². The van der Waals surface area contributed by atoms with Crippen LogP contribution in [-0.4, -0.2) is 43.5 Å². The minimum Gasteiger partial charge on any atom is -0.496 e. The summed E-state index contributed by atoms with van der Waals surface area (Å²) in [4.78, 5) is 12.1. The maximum absolute atomic E-state index is 12.1. The molecule has 0 aliphatic carbocycles. The number of amides is 1. The van der Waals surface area contributed by atoms with Crippen molar-refractivity contribution in [1.82, 2.24) is 5.32 Å². The summed E-state index contributed by atoms with van der Waals surface area (Å²) in [6.07, 6.45) is 0.509. The molecular formula is C13H18N2O4. The van der Waals surface area contributed by atoms with Crippen molar-refractivity contribution in [1.29, 1.82) is 0 Å². The maximum Gasteiger partial charge on any atom is 0.257 e. The number of aliphatic hydroxyl groups is 1. The number of anilines is 1. The van der Waals surface area contributed by atoms with Crippen molar-refractivity contribution in [3.8, 4) is 5.75 Å². The summed E-state index contributed by atoms with van der Waals surface area (Å²) < 4.78 is 10.2. The Hall–Kier alpha value is -1.79. The first kappa shape index (κ1) is 13.6. The van der Waals surface area contributed by atoms with Gasteiger partial charge in [-0.25, -0.2) is 0 Å². The predicted octanol–water partition coefficient (Wildman–Crippen LogP) is 0.159. The third kappa shape index (κ3) is 2.97. The number of nitrogens with one attached hydrogen (secondary N) is 1. The molecule has 1 aliphatic heterocycles. The van der Waals surface area contributed by atoms with Crippen molar-refractivity contribution in [3.63, 3.8) is 0 Å². The molecule has 0 aromatic heterocycles. The molecule has 0 spiro atoms. The molecule has 1 aliphatic rings. The molecule has 0 saturated carbocycles. The van der Waals surface area contributed by atoms with Gasteiger partial charge in [-0.05, 0) is 12.1 Å². The Balaban J connectivity index is 2.08. The van der Waals surface area contributed by atoms with Gasteiger partial charge in [0.2, 0.25) is 0 Å². The van der Waals surface area contributed by atoms with Crippen LogP contribution in [0.5, 0.6) is 5.75 Å². The Morgan fingerprint density at radius 3 is 3.05 bits per heavy atom. The number of nitrogen functional groups attached to an aromatic ring is 1. The summed E-state index contributed by atoms with van der Waals surface area (Å²) in [6, 6.07) is 5.01. The number of methoxy groups -OCH3 is 1. The zero-order chi connectivity index (χ0) is 13.9. The smallest absolute Gasteiger partial charge is 0.257 e. The van der Waals surface area contributed by atoms with E-state index in [0.29, 0.717) is 24.5 Å². The van der Waals surface area contributed by atoms with E-state index in [-0.39, 0.29) is 24.6 Å². The SMILES string of the molecule is COc1cccc(N)c1C(=O)NCC1(O)CCOC1. The predicted molar refractivity (Wildman–Crippen MR) is 70.1 cm³/mol. The average Bonchev–Trinajstić information content (AvgIpc) is 2.83. The Bertz CT molecular complexity index is 470. The lowest BCUT2D eigenvalue weighted by molar-refractivity contribution is 0.0264. The van der Waals surface area contributed by atoms with Crippen LogP contribution in [0.3, 0.4) is 0 Å². The fourth-order valence-corrected chi connectivity index (χ4v) is 2.03. The van der Waals surface area contributed by atoms with Gasteiger partial charge in [0, 0.05) is 25.3 Å². The van der Waals surface area contributed by atoms with E-state index >= 15 is 0 Å². The molecule has 0 bridgehead atoms. The average molecular weight is 266 g/mol. The molecule has 1 amide bonds. The van der Waals surface area contributed by atoms with Gasteiger partial charge < -0.3 is 25.6 Å². The van der Waals surface area contributed by atoms with E-state index in [1.807, 2.05) is 0 Å². The number of carbonyl (C=O) groups is 1. The summed E-state index contributed by atoms with van der Waals surface area (Å²) in [7, 11) is 1.48. The molecule has 1 heterocycles. The lowest BCUT2D eigenvalue weighted by Gasteiger charge is -2.21. The molecule has 6 heteroatoms. The number of hydrogen-bond donors (Lipinski definition) is 3. The van der Waals surface area contributed by atoms with Gasteiger partial charge in [0.05, 0.1) is 13.7 Å². The van der Waals surface area contributed by atoms with Crippen LogP contribution in [0.4, 0.5) is 5.69 Å². The highest BCUT2D eigenvalue weighted by Crippen LogP contribution is 2.24. The first-order valence-electron chi connectivity index (χ1n) is 6.06. The van der Waals surface area contributed by atoms with E-state index in [1.54, 1.807) is 18.2 Å². The standard InChI is InChI=1S/C13H18N2O4/c1-18-10-4-2-3-9(14)11(10)12(16)15-7-13(17)5-6-19-8-13/h2-4,17H,5-8,14H2,1H3,(H,15,16). The van der Waals surface area contributed by atoms with Gasteiger partial charge in [-0.3, -0.25) is 4.79 Å². The maximum atomic E-state index is 12.1. The fourth-order valence-electron chi connectivity index (χ4n) is 2.03. The zero-order valence-corrected chi connectivity index (χ0v) is 10.8. The molecule has 1 saturated heterocycles. The quantitative estimate of drug-likeness (QED) is 0.675. The molecule has 104 valence electrons. The van der Waals surface area contributed by atoms with Crippen LogP contribution < -0.4 is 15.8 Å². The highest BCUT2D eigenvalue weighted by atomic mass is 16.5. The topological polar surface area (TPSA) is 93.8 Å². The lowest BCUT2D eigenvalue weighted by atomic mass is 10.0. The zero-order valence-electron chi connectivity index (χ0n) is 10.8. The van der Waals surface area contributed by atoms with Crippen LogP contribution in [0.25, 0.3) is 0 Å². The van der Waals surface area contributed by atoms with Crippen LogP contribution in [-0.2, 0) is 4.74 Å². The normalized spacial score (nSPS) is 22.2. The molecule has 6 nitrogen and oxygen atoms in total. The van der Waals surface area contributed by atoms with E-state index in [0.717, 1.165) is 0 Å². The van der Waals surface area contributed by atoms with Crippen molar-refractivity contribution in [3.05, 3.63) is 23.8 Å². The van der Waals surface area contributed by atoms with E-state index in [2.05, 4.69) is 5.32 Å². The molecule has 0 radical (unpaired) electrons. The first-order chi connectivity index (χ1) is 9.06. The molecule has 1 aromatic carbocycles. The Kier molecular flexibility index (Phi) is 3.92. The molecule has 1 aromatic rings. The van der Waals surface area contributed by atoms with Gasteiger partial charge in [0.25, 0.3) is 5.91 Å². The van der Waals surface area contributed by atoms with Gasteiger partial charge in [-0.15, -0.1) is 0 Å². The Labute approximate surface area is 111 Å². The molecule has 4 N–H and O–H groups in total. The van der Waals surface area contributed by atoms with Crippen LogP contribution in [0.2, 0.25) is 0 Å². The minimum absolute atomic E-state index is 0.128. The summed E-state index contributed by atoms with van der Waals surface area (Å²) in [6.45, 7) is 0.862. The second-order valence-electron chi connectivity index (χ2n) is 4.63. The first-order valence-corrected chi connectivity index (χ1v) is 6.06. The summed E-state index contributed by atoms with van der Waals surface area (Å²) in [5.74, 6) is 0.0439. The van der Waals surface area contributed by atoms with Crippen molar-refractivity contribution >= 4 is 11.6 Å². The summed E-state index contributed by atoms with van der Waals surface area (Å²) >= 11 is 0. The number of rotatable bonds is 4. The van der Waals surface area contributed by atoms with E-state index in [4.69, 9.17) is 15.2 Å². The molecular weight excluding hydrogens is 248 g/mol. The van der Waals surface area contributed by atoms with Crippen molar-refractivity contribution in [2.24, 2.45) is 0 Å². The summed E-state index contributed by atoms with van der Waals surface area (Å²) in [5, 5.41) is 12.7. The molecule has 1 unspecified atom stereocenters. The van der Waals surface area contributed by atoms with Crippen molar-refractivity contribution in [2.45, 2.75) is 12.0 Å². The third-order valence-electron chi connectivity index (χ3n) is 3.17. The van der Waals surface area contributed by atoms with Gasteiger partial charge in [-0.1, -0.05) is 6.07 Å². The van der Waals surface area contributed by atoms with Crippen LogP contribution in [0, 0.1) is 0 Å². The molecule has 2 rings (SSSR count). The van der Waals surface area contributed by atoms with Crippen LogP contribution >= 0.6 is 0 Å². The lowest BCUT2D eigenvalue weighted by Crippen LogP contribution is -2.43. The summed E-state index contributed by atoms with van der Waals surface area (Å²) in [5.41, 5.74) is 5.42. The minimum atomic E-state index is -0.994. The highest BCUT2D eigenvalue weighted by Gasteiger charge is 2.33. The third-order valence-corrected chi connectivity index (χ3v) is 3.17. The fraction of sp³-hybridized carbons (Fsp3) is 0.462. The Morgan fingerprint density at radius 2 is 2.42 bits per heavy atom. The molecule has 1 fully saturated rings. The van der Waals surface area contributed by atoms with Crippen LogP contribution in [0.15, 0.2) is 18.2 Å². The second kappa shape index (κ2) is 5.46. The largest absolute Gasteiger partial charge is 0.496 e. The van der Waals surface area contributed by atoms with Gasteiger partial charge in [0.1, 0.15) is 16.9 Å². The number of hydrogen-bond acceptors (Lipinski definition) is 5. The number of nitrogens with two attached hydrogens (primary N) is 1. The van der Waals surface area contributed by atoms with E-state index < -0.39 is 5.60 Å². The van der Waals surface area contributed by atoms with E-state index in [1.165, 1.54) is 7.11 Å². The number of ether oxygens (including phenoxy) is 2. The van der Waals surface area contributed by atoms with Gasteiger partial charge in [0.15, 0.2) is 0 Å². The monoisotopic (exact) mass is 266 g/mol. The number of benzene rings is 1. The molecule has 19 heavy (non-hydrogen) atoms.